The van der Waals surface area contributed by atoms with Crippen molar-refractivity contribution >= 4 is 0 Å². The van der Waals surface area contributed by atoms with E-state index >= 15 is 0 Å². The molecule has 1 rings (SSSR count). The number of ether oxygens (including phenoxy) is 1. The highest BCUT2D eigenvalue weighted by Gasteiger charge is 2.17. The molecule has 1 aliphatic heterocycles. The Balaban J connectivity index is 1.89. The first kappa shape index (κ1) is 12.0. The van der Waals surface area contributed by atoms with E-state index in [1.165, 1.54) is 19.5 Å². The average molecular weight is 200 g/mol. The molecule has 0 aromatic rings. The van der Waals surface area contributed by atoms with Crippen molar-refractivity contribution in [3.8, 4) is 0 Å². The molecule has 1 heterocycles. The Labute approximate surface area is 87.8 Å². The van der Waals surface area contributed by atoms with Gasteiger partial charge in [-0.15, -0.1) is 0 Å². The van der Waals surface area contributed by atoms with Gasteiger partial charge in [-0.3, -0.25) is 0 Å². The molecule has 1 N–H and O–H groups in total. The van der Waals surface area contributed by atoms with Gasteiger partial charge < -0.3 is 15.0 Å². The van der Waals surface area contributed by atoms with Crippen LogP contribution in [0.25, 0.3) is 0 Å². The summed E-state index contributed by atoms with van der Waals surface area (Å²) in [5.41, 5.74) is 0. The van der Waals surface area contributed by atoms with Crippen molar-refractivity contribution in [3.63, 3.8) is 0 Å². The fraction of sp³-hybridized carbons (Fsp3) is 1.00. The van der Waals surface area contributed by atoms with Crippen LogP contribution in [0, 0.1) is 0 Å². The van der Waals surface area contributed by atoms with Gasteiger partial charge in [0.2, 0.25) is 0 Å². The van der Waals surface area contributed by atoms with Gasteiger partial charge in [0, 0.05) is 19.2 Å². The number of rotatable bonds is 6. The van der Waals surface area contributed by atoms with Gasteiger partial charge in [-0.1, -0.05) is 0 Å². The number of likely N-dealkylation sites (N-methyl/N-ethyl adjacent to an activating group) is 1. The second kappa shape index (κ2) is 6.38. The van der Waals surface area contributed by atoms with Crippen LogP contribution < -0.4 is 5.32 Å². The van der Waals surface area contributed by atoms with E-state index in [4.69, 9.17) is 4.74 Å². The Morgan fingerprint density at radius 2 is 2.29 bits per heavy atom. The van der Waals surface area contributed by atoms with E-state index in [9.17, 15) is 0 Å². The molecule has 0 aromatic carbocycles. The lowest BCUT2D eigenvalue weighted by Crippen LogP contribution is -2.32. The summed E-state index contributed by atoms with van der Waals surface area (Å²) in [7, 11) is 2.18. The molecular weight excluding hydrogens is 176 g/mol. The SMILES string of the molecule is CC(C)OCCCNC1CCN(C)C1. The monoisotopic (exact) mass is 200 g/mol. The van der Waals surface area contributed by atoms with Crippen molar-refractivity contribution in [1.29, 1.82) is 0 Å². The highest BCUT2D eigenvalue weighted by Crippen LogP contribution is 2.05. The van der Waals surface area contributed by atoms with Crippen molar-refractivity contribution in [1.82, 2.24) is 10.2 Å². The molecule has 0 bridgehead atoms. The molecule has 1 saturated heterocycles. The maximum Gasteiger partial charge on any atom is 0.0518 e. The molecule has 1 unspecified atom stereocenters. The summed E-state index contributed by atoms with van der Waals surface area (Å²) < 4.78 is 5.48. The van der Waals surface area contributed by atoms with Gasteiger partial charge in [0.1, 0.15) is 0 Å². The Kier molecular flexibility index (Phi) is 5.45. The standard InChI is InChI=1S/C11H24N2O/c1-10(2)14-8-4-6-12-11-5-7-13(3)9-11/h10-12H,4-9H2,1-3H3. The summed E-state index contributed by atoms with van der Waals surface area (Å²) in [6, 6.07) is 0.707. The molecule has 0 aliphatic carbocycles. The molecule has 1 atom stereocenters. The Morgan fingerprint density at radius 1 is 1.50 bits per heavy atom. The summed E-state index contributed by atoms with van der Waals surface area (Å²) >= 11 is 0. The zero-order valence-electron chi connectivity index (χ0n) is 9.75. The first-order valence-corrected chi connectivity index (χ1v) is 5.72. The maximum atomic E-state index is 5.48. The van der Waals surface area contributed by atoms with Crippen molar-refractivity contribution in [3.05, 3.63) is 0 Å². The predicted molar refractivity (Wildman–Crippen MR) is 59.6 cm³/mol. The predicted octanol–water partition coefficient (Wildman–Crippen LogP) is 1.10. The molecule has 0 spiro atoms. The summed E-state index contributed by atoms with van der Waals surface area (Å²) in [5, 5.41) is 3.56. The van der Waals surface area contributed by atoms with Crippen LogP contribution in [0.2, 0.25) is 0 Å². The fourth-order valence-corrected chi connectivity index (χ4v) is 1.80. The van der Waals surface area contributed by atoms with Crippen LogP contribution in [-0.2, 0) is 4.74 Å². The van der Waals surface area contributed by atoms with E-state index in [1.54, 1.807) is 0 Å². The molecule has 0 radical (unpaired) electrons. The minimum absolute atomic E-state index is 0.368. The second-order valence-corrected chi connectivity index (χ2v) is 4.48. The van der Waals surface area contributed by atoms with Crippen molar-refractivity contribution in [2.75, 3.05) is 33.3 Å². The lowest BCUT2D eigenvalue weighted by Gasteiger charge is -2.13. The van der Waals surface area contributed by atoms with Crippen LogP contribution in [0.3, 0.4) is 0 Å². The van der Waals surface area contributed by atoms with Gasteiger partial charge in [-0.25, -0.2) is 0 Å². The minimum atomic E-state index is 0.368. The van der Waals surface area contributed by atoms with Crippen molar-refractivity contribution in [2.24, 2.45) is 0 Å². The zero-order valence-corrected chi connectivity index (χ0v) is 9.75. The Bertz CT molecular complexity index is 150. The lowest BCUT2D eigenvalue weighted by molar-refractivity contribution is 0.0767. The first-order valence-electron chi connectivity index (χ1n) is 5.72. The quantitative estimate of drug-likeness (QED) is 0.650. The number of hydrogen-bond acceptors (Lipinski definition) is 3. The number of nitrogens with zero attached hydrogens (tertiary/aromatic N) is 1. The lowest BCUT2D eigenvalue weighted by atomic mass is 10.2. The highest BCUT2D eigenvalue weighted by molar-refractivity contribution is 4.78. The Morgan fingerprint density at radius 3 is 2.86 bits per heavy atom. The van der Waals surface area contributed by atoms with Crippen LogP contribution in [0.5, 0.6) is 0 Å². The third-order valence-electron chi connectivity index (χ3n) is 2.60. The summed E-state index contributed by atoms with van der Waals surface area (Å²) in [6.07, 6.45) is 2.78. The smallest absolute Gasteiger partial charge is 0.0518 e. The molecule has 14 heavy (non-hydrogen) atoms. The van der Waals surface area contributed by atoms with Crippen LogP contribution in [0.4, 0.5) is 0 Å². The third kappa shape index (κ3) is 4.94. The van der Waals surface area contributed by atoms with Crippen molar-refractivity contribution in [2.45, 2.75) is 38.8 Å². The van der Waals surface area contributed by atoms with Gasteiger partial charge >= 0.3 is 0 Å². The summed E-state index contributed by atoms with van der Waals surface area (Å²) in [5.74, 6) is 0. The van der Waals surface area contributed by atoms with Crippen molar-refractivity contribution < 1.29 is 4.74 Å². The number of likely N-dealkylation sites (tertiary alicyclic amines) is 1. The van der Waals surface area contributed by atoms with Gasteiger partial charge in [0.05, 0.1) is 6.10 Å². The van der Waals surface area contributed by atoms with Crippen LogP contribution >= 0.6 is 0 Å². The molecule has 0 aromatic heterocycles. The molecule has 0 amide bonds. The van der Waals surface area contributed by atoms with E-state index in [-0.39, 0.29) is 0 Å². The molecule has 0 saturated carbocycles. The molecule has 3 nitrogen and oxygen atoms in total. The van der Waals surface area contributed by atoms with Gasteiger partial charge in [-0.2, -0.15) is 0 Å². The van der Waals surface area contributed by atoms with Crippen LogP contribution in [0.1, 0.15) is 26.7 Å². The van der Waals surface area contributed by atoms with Gasteiger partial charge in [0.15, 0.2) is 0 Å². The first-order chi connectivity index (χ1) is 6.68. The van der Waals surface area contributed by atoms with Gasteiger partial charge in [-0.05, 0) is 46.8 Å². The fourth-order valence-electron chi connectivity index (χ4n) is 1.80. The maximum absolute atomic E-state index is 5.48. The van der Waals surface area contributed by atoms with E-state index < -0.39 is 0 Å². The van der Waals surface area contributed by atoms with E-state index in [1.807, 2.05) is 0 Å². The number of hydrogen-bond donors (Lipinski definition) is 1. The summed E-state index contributed by atoms with van der Waals surface area (Å²) in [4.78, 5) is 2.38. The molecule has 1 aliphatic rings. The number of nitrogens with one attached hydrogen (secondary N) is 1. The molecular formula is C11H24N2O. The van der Waals surface area contributed by atoms with E-state index in [0.29, 0.717) is 12.1 Å². The molecule has 3 heteroatoms. The van der Waals surface area contributed by atoms with E-state index in [0.717, 1.165) is 19.6 Å². The molecule has 84 valence electrons. The highest BCUT2D eigenvalue weighted by atomic mass is 16.5. The Hall–Kier alpha value is -0.120. The second-order valence-electron chi connectivity index (χ2n) is 4.48. The van der Waals surface area contributed by atoms with E-state index in [2.05, 4.69) is 31.1 Å². The van der Waals surface area contributed by atoms with Crippen LogP contribution in [-0.4, -0.2) is 50.3 Å². The van der Waals surface area contributed by atoms with Gasteiger partial charge in [0.25, 0.3) is 0 Å². The largest absolute Gasteiger partial charge is 0.379 e. The zero-order chi connectivity index (χ0) is 10.4. The molecule has 1 fully saturated rings. The third-order valence-corrected chi connectivity index (χ3v) is 2.60. The van der Waals surface area contributed by atoms with Crippen LogP contribution in [0.15, 0.2) is 0 Å². The summed E-state index contributed by atoms with van der Waals surface area (Å²) in [6.45, 7) is 8.57. The minimum Gasteiger partial charge on any atom is -0.379 e. The normalized spacial score (nSPS) is 23.6. The topological polar surface area (TPSA) is 24.5 Å². The average Bonchev–Trinajstić information content (AvgIpc) is 2.50.